The number of esters is 2. The lowest BCUT2D eigenvalue weighted by atomic mass is 9.85. The topological polar surface area (TPSA) is 129 Å². The number of carbonyl (C=O) groups excluding carboxylic acids is 3. The van der Waals surface area contributed by atoms with E-state index in [1.165, 1.54) is 44.8 Å². The third-order valence-electron chi connectivity index (χ3n) is 13.1. The highest BCUT2D eigenvalue weighted by Crippen LogP contribution is 2.48. The molecule has 5 atom stereocenters. The Balaban J connectivity index is 1.36. The number of fused-ring (bicyclic) bond motifs is 7. The number of H-pyrrole nitrogens is 3. The molecule has 6 rings (SSSR count). The number of ether oxygens (including phenoxy) is 2. The lowest BCUT2D eigenvalue weighted by molar-refractivity contribution is -0.144. The number of hydrogen-bond donors (Lipinski definition) is 4. The van der Waals surface area contributed by atoms with Crippen LogP contribution in [0.25, 0.3) is 29.9 Å². The van der Waals surface area contributed by atoms with Crippen LogP contribution in [0.15, 0.2) is 18.0 Å². The van der Waals surface area contributed by atoms with Crippen molar-refractivity contribution in [2.45, 2.75) is 120 Å². The van der Waals surface area contributed by atoms with Gasteiger partial charge in [-0.15, -0.1) is 0 Å². The van der Waals surface area contributed by atoms with E-state index in [1.54, 1.807) is 0 Å². The first-order chi connectivity index (χ1) is 27.3. The summed E-state index contributed by atoms with van der Waals surface area (Å²) >= 11 is 0. The van der Waals surface area contributed by atoms with E-state index in [1.807, 2.05) is 13.0 Å². The van der Waals surface area contributed by atoms with Crippen molar-refractivity contribution in [2.24, 2.45) is 29.6 Å². The zero-order chi connectivity index (χ0) is 41.1. The molecule has 1 aliphatic carbocycles. The summed E-state index contributed by atoms with van der Waals surface area (Å²) in [5.74, 6) is -1.26. The van der Waals surface area contributed by atoms with E-state index in [9.17, 15) is 14.4 Å². The summed E-state index contributed by atoms with van der Waals surface area (Å²) in [5.41, 5.74) is 11.3. The van der Waals surface area contributed by atoms with Crippen LogP contribution in [0.5, 0.6) is 0 Å². The van der Waals surface area contributed by atoms with Gasteiger partial charge >= 0.3 is 11.9 Å². The Morgan fingerprint density at radius 2 is 1.56 bits per heavy atom. The van der Waals surface area contributed by atoms with Gasteiger partial charge in [0.15, 0.2) is 5.78 Å². The Bertz CT molecular complexity index is 2220. The van der Waals surface area contributed by atoms with Crippen LogP contribution in [-0.2, 0) is 25.5 Å². The molecule has 57 heavy (non-hydrogen) atoms. The number of ketones is 1. The maximum Gasteiger partial charge on any atom is 0.321 e. The summed E-state index contributed by atoms with van der Waals surface area (Å²) in [6.45, 7) is 21.8. The van der Waals surface area contributed by atoms with Gasteiger partial charge < -0.3 is 29.7 Å². The van der Waals surface area contributed by atoms with Crippen LogP contribution in [0.3, 0.4) is 0 Å². The van der Waals surface area contributed by atoms with E-state index in [0.29, 0.717) is 35.8 Å². The van der Waals surface area contributed by atoms with Gasteiger partial charge in [-0.2, -0.15) is 0 Å². The number of nitrogens with one attached hydrogen (secondary N) is 4. The van der Waals surface area contributed by atoms with E-state index in [4.69, 9.17) is 9.47 Å². The molecule has 3 aliphatic rings. The van der Waals surface area contributed by atoms with Gasteiger partial charge in [0, 0.05) is 74.1 Å². The number of carbonyl (C=O) groups is 3. The van der Waals surface area contributed by atoms with Crippen LogP contribution in [-0.4, -0.2) is 46.4 Å². The minimum atomic E-state index is -1.13. The molecule has 0 saturated carbocycles. The average molecular weight is 777 g/mol. The van der Waals surface area contributed by atoms with Crippen molar-refractivity contribution >= 4 is 47.6 Å². The van der Waals surface area contributed by atoms with Crippen molar-refractivity contribution in [3.63, 3.8) is 0 Å². The molecule has 9 nitrogen and oxygen atoms in total. The summed E-state index contributed by atoms with van der Waals surface area (Å²) in [5, 5.41) is 5.66. The number of methoxy groups -OCH3 is 1. The normalized spacial score (nSPS) is 22.8. The van der Waals surface area contributed by atoms with Crippen molar-refractivity contribution in [3.8, 4) is 0 Å². The minimum Gasteiger partial charge on any atom is -0.468 e. The smallest absolute Gasteiger partial charge is 0.321 e. The quantitative estimate of drug-likeness (QED) is 0.0852. The molecule has 0 spiro atoms. The van der Waals surface area contributed by atoms with Crippen LogP contribution >= 0.6 is 0 Å². The van der Waals surface area contributed by atoms with Gasteiger partial charge in [-0.05, 0) is 92.4 Å². The van der Waals surface area contributed by atoms with Crippen molar-refractivity contribution in [1.29, 1.82) is 0 Å². The van der Waals surface area contributed by atoms with Crippen molar-refractivity contribution in [3.05, 3.63) is 84.8 Å². The second-order valence-corrected chi connectivity index (χ2v) is 16.9. The van der Waals surface area contributed by atoms with Crippen LogP contribution in [0, 0.1) is 50.4 Å². The van der Waals surface area contributed by atoms with Gasteiger partial charge in [-0.1, -0.05) is 85.8 Å². The Kier molecular flexibility index (Phi) is 13.0. The first-order valence-corrected chi connectivity index (χ1v) is 21.3. The molecule has 3 aromatic rings. The second kappa shape index (κ2) is 17.8. The molecule has 1 unspecified atom stereocenters. The zero-order valence-corrected chi connectivity index (χ0v) is 35.7. The van der Waals surface area contributed by atoms with Crippen molar-refractivity contribution in [1.82, 2.24) is 20.3 Å². The molecule has 1 fully saturated rings. The van der Waals surface area contributed by atoms with E-state index in [0.717, 1.165) is 86.6 Å². The molecular weight excluding hydrogens is 713 g/mol. The van der Waals surface area contributed by atoms with Crippen LogP contribution in [0.2, 0.25) is 0 Å². The maximum absolute atomic E-state index is 14.3. The SMILES string of the molecule is C=Cc1c2[nH]c(c1C)/C=C1\N/C(=C3\c4[nH]c(c(C)c4C(=O)[C@@H]3C(=O)OC)/C=c3\[nH]/c(c(C)c3CC)=C\2)[C@@H](CCC(=O)OCCC(C)CCC[C@H](C)CCCC)[C@@H]1C. The molecule has 0 aromatic carbocycles. The molecule has 0 amide bonds. The van der Waals surface area contributed by atoms with E-state index in [2.05, 4.69) is 93.5 Å². The van der Waals surface area contributed by atoms with Crippen LogP contribution < -0.4 is 16.0 Å². The third kappa shape index (κ3) is 8.30. The predicted octanol–water partition coefficient (Wildman–Crippen LogP) is 8.71. The largest absolute Gasteiger partial charge is 0.468 e. The molecule has 0 radical (unpaired) electrons. The predicted molar refractivity (Wildman–Crippen MR) is 229 cm³/mol. The lowest BCUT2D eigenvalue weighted by Crippen LogP contribution is -2.25. The highest BCUT2D eigenvalue weighted by molar-refractivity contribution is 6.24. The molecular formula is C48H64N4O5. The molecule has 9 heteroatoms. The van der Waals surface area contributed by atoms with E-state index < -0.39 is 11.9 Å². The van der Waals surface area contributed by atoms with Crippen LogP contribution in [0.1, 0.15) is 153 Å². The minimum absolute atomic E-state index is 0.0718. The Morgan fingerprint density at radius 3 is 2.25 bits per heavy atom. The van der Waals surface area contributed by atoms with Crippen molar-refractivity contribution < 1.29 is 23.9 Å². The Hall–Kier alpha value is -4.79. The average Bonchev–Trinajstić information content (AvgIpc) is 3.93. The first kappa shape index (κ1) is 41.8. The number of hydrogen-bond acceptors (Lipinski definition) is 6. The summed E-state index contributed by atoms with van der Waals surface area (Å²) in [7, 11) is 1.32. The Morgan fingerprint density at radius 1 is 0.877 bits per heavy atom. The molecule has 5 heterocycles. The van der Waals surface area contributed by atoms with Gasteiger partial charge in [-0.3, -0.25) is 14.4 Å². The fourth-order valence-corrected chi connectivity index (χ4v) is 9.37. The molecule has 8 bridgehead atoms. The van der Waals surface area contributed by atoms with Gasteiger partial charge in [0.05, 0.1) is 19.4 Å². The lowest BCUT2D eigenvalue weighted by Gasteiger charge is -2.20. The summed E-state index contributed by atoms with van der Waals surface area (Å²) in [6, 6.07) is 0. The van der Waals surface area contributed by atoms with E-state index in [-0.39, 0.29) is 30.0 Å². The number of aromatic amines is 3. The van der Waals surface area contributed by atoms with Gasteiger partial charge in [0.25, 0.3) is 0 Å². The molecule has 1 saturated heterocycles. The zero-order valence-electron chi connectivity index (χ0n) is 35.7. The monoisotopic (exact) mass is 776 g/mol. The number of Topliss-reactive ketones (excluding diaryl/α,β-unsaturated/α-hetero) is 1. The van der Waals surface area contributed by atoms with Gasteiger partial charge in [0.2, 0.25) is 0 Å². The fraction of sp³-hybridized carbons (Fsp3) is 0.521. The molecule has 306 valence electrons. The highest BCUT2D eigenvalue weighted by atomic mass is 16.5. The third-order valence-corrected chi connectivity index (χ3v) is 13.1. The summed E-state index contributed by atoms with van der Waals surface area (Å²) in [4.78, 5) is 52.1. The highest BCUT2D eigenvalue weighted by Gasteiger charge is 2.48. The second-order valence-electron chi connectivity index (χ2n) is 16.9. The number of aromatic nitrogens is 3. The summed E-state index contributed by atoms with van der Waals surface area (Å²) in [6.07, 6.45) is 18.0. The number of allylic oxidation sites excluding steroid dienone is 2. The van der Waals surface area contributed by atoms with Crippen LogP contribution in [0.4, 0.5) is 0 Å². The standard InChI is InChI=1S/C48H64N4O5/c1-11-14-16-26(4)17-15-18-27(5)21-22-57-41(53)20-19-34-30(8)37-23-35-28(6)32(12-2)39(49-35)24-36-29(7)33(13-3)40(50-36)25-38-31(9)42-46(52-38)43(45(34)51-37)44(47(42)54)48(55)56-10/h12,23-27,30,34,44,49-52H,2,11,13-22H2,1,3-10H3/b36-24-,37-23-,40-25-,45-43-/t26-,27?,30+,34+,44-/m1/s1. The van der Waals surface area contributed by atoms with Crippen molar-refractivity contribution in [2.75, 3.05) is 13.7 Å². The maximum atomic E-state index is 14.3. The Labute approximate surface area is 338 Å². The molecule has 4 N–H and O–H groups in total. The molecule has 3 aromatic heterocycles. The number of rotatable bonds is 16. The summed E-state index contributed by atoms with van der Waals surface area (Å²) < 4.78 is 11.1. The van der Waals surface area contributed by atoms with Gasteiger partial charge in [0.1, 0.15) is 5.92 Å². The van der Waals surface area contributed by atoms with Gasteiger partial charge in [-0.25, -0.2) is 0 Å². The molecule has 2 aliphatic heterocycles. The first-order valence-electron chi connectivity index (χ1n) is 21.3. The van der Waals surface area contributed by atoms with E-state index >= 15 is 0 Å². The fourth-order valence-electron chi connectivity index (χ4n) is 9.37. The number of unbranched alkanes of at least 4 members (excludes halogenated alkanes) is 1.